The molecule has 1 heterocycles. The monoisotopic (exact) mass is 315 g/mol. The molecule has 0 radical (unpaired) electrons. The van der Waals surface area contributed by atoms with E-state index >= 15 is 0 Å². The average molecular weight is 315 g/mol. The van der Waals surface area contributed by atoms with E-state index in [1.54, 1.807) is 12.1 Å². The third-order valence-electron chi connectivity index (χ3n) is 3.05. The van der Waals surface area contributed by atoms with Crippen LogP contribution in [0.2, 0.25) is 0 Å². The van der Waals surface area contributed by atoms with Crippen molar-refractivity contribution in [1.82, 2.24) is 13.9 Å². The molecule has 0 aliphatic carbocycles. The van der Waals surface area contributed by atoms with Gasteiger partial charge in [0.05, 0.1) is 11.4 Å². The van der Waals surface area contributed by atoms with E-state index in [2.05, 4.69) is 4.98 Å². The highest BCUT2D eigenvalue weighted by Crippen LogP contribution is 2.19. The summed E-state index contributed by atoms with van der Waals surface area (Å²) in [7, 11) is -2.41. The van der Waals surface area contributed by atoms with Crippen molar-refractivity contribution in [3.05, 3.63) is 48.0 Å². The molecule has 21 heavy (non-hydrogen) atoms. The Morgan fingerprint density at radius 1 is 1.29 bits per heavy atom. The van der Waals surface area contributed by atoms with E-state index < -0.39 is 16.6 Å². The summed E-state index contributed by atoms with van der Waals surface area (Å²) in [5, 5.41) is 0. The Morgan fingerprint density at radius 2 is 1.90 bits per heavy atom. The molecule has 0 aliphatic heterocycles. The minimum atomic E-state index is -3.74. The van der Waals surface area contributed by atoms with Crippen molar-refractivity contribution in [3.63, 3.8) is 0 Å². The second kappa shape index (κ2) is 5.90. The Morgan fingerprint density at radius 3 is 2.48 bits per heavy atom. The second-order valence-electron chi connectivity index (χ2n) is 4.60. The van der Waals surface area contributed by atoms with Gasteiger partial charge in [0.2, 0.25) is 10.0 Å². The van der Waals surface area contributed by atoms with Crippen molar-refractivity contribution < 1.29 is 17.2 Å². The van der Waals surface area contributed by atoms with Crippen LogP contribution >= 0.6 is 0 Å². The zero-order chi connectivity index (χ0) is 15.6. The van der Waals surface area contributed by atoms with E-state index in [-0.39, 0.29) is 17.3 Å². The minimum absolute atomic E-state index is 0.0109. The van der Waals surface area contributed by atoms with E-state index in [1.165, 1.54) is 25.4 Å². The number of aryl methyl sites for hydroxylation is 1. The van der Waals surface area contributed by atoms with Gasteiger partial charge in [-0.15, -0.1) is 0 Å². The van der Waals surface area contributed by atoms with E-state index in [1.807, 2.05) is 6.92 Å². The van der Waals surface area contributed by atoms with Gasteiger partial charge in [-0.1, -0.05) is 17.7 Å². The molecule has 0 aliphatic rings. The van der Waals surface area contributed by atoms with E-state index in [0.717, 1.165) is 16.1 Å². The maximum Gasteiger partial charge on any atom is 0.319 e. The Kier molecular flexibility index (Phi) is 4.38. The van der Waals surface area contributed by atoms with Crippen LogP contribution in [-0.2, 0) is 16.6 Å². The molecule has 0 saturated carbocycles. The number of benzene rings is 1. The first-order valence-electron chi connectivity index (χ1n) is 6.15. The summed E-state index contributed by atoms with van der Waals surface area (Å²) in [6, 6.07) is 6.34. The predicted octanol–water partition coefficient (Wildman–Crippen LogP) is 2.41. The largest absolute Gasteiger partial charge is 0.319 e. The highest BCUT2D eigenvalue weighted by atomic mass is 32.2. The lowest BCUT2D eigenvalue weighted by Gasteiger charge is -2.17. The first kappa shape index (κ1) is 15.6. The Balaban J connectivity index is 2.24. The molecule has 0 atom stereocenters. The van der Waals surface area contributed by atoms with Crippen molar-refractivity contribution in [2.75, 3.05) is 7.05 Å². The molecule has 2 aromatic rings. The highest BCUT2D eigenvalue weighted by molar-refractivity contribution is 7.89. The molecule has 114 valence electrons. The molecule has 0 bridgehead atoms. The van der Waals surface area contributed by atoms with Gasteiger partial charge in [0.1, 0.15) is 5.82 Å². The number of hydrogen-bond donors (Lipinski definition) is 0. The summed E-state index contributed by atoms with van der Waals surface area (Å²) in [6.45, 7) is -1.13. The van der Waals surface area contributed by atoms with Gasteiger partial charge in [-0.25, -0.2) is 13.4 Å². The van der Waals surface area contributed by atoms with Gasteiger partial charge in [-0.3, -0.25) is 4.57 Å². The number of hydrogen-bond acceptors (Lipinski definition) is 3. The van der Waals surface area contributed by atoms with Crippen LogP contribution in [0.15, 0.2) is 41.6 Å². The highest BCUT2D eigenvalue weighted by Gasteiger charge is 2.23. The predicted molar refractivity (Wildman–Crippen MR) is 73.3 cm³/mol. The maximum atomic E-state index is 12.7. The summed E-state index contributed by atoms with van der Waals surface area (Å²) in [5.41, 5.74) is 0.935. The fourth-order valence-corrected chi connectivity index (χ4v) is 2.94. The first-order valence-corrected chi connectivity index (χ1v) is 7.59. The van der Waals surface area contributed by atoms with Crippen molar-refractivity contribution in [2.45, 2.75) is 24.9 Å². The Labute approximate surface area is 121 Å². The summed E-state index contributed by atoms with van der Waals surface area (Å²) in [4.78, 5) is 3.89. The lowest BCUT2D eigenvalue weighted by atomic mass is 10.2. The molecule has 0 N–H and O–H groups in total. The van der Waals surface area contributed by atoms with Crippen LogP contribution in [0.1, 0.15) is 17.9 Å². The fourth-order valence-electron chi connectivity index (χ4n) is 1.82. The molecule has 0 amide bonds. The van der Waals surface area contributed by atoms with Gasteiger partial charge in [0.25, 0.3) is 0 Å². The molecule has 8 heteroatoms. The second-order valence-corrected chi connectivity index (χ2v) is 6.65. The summed E-state index contributed by atoms with van der Waals surface area (Å²) >= 11 is 0. The zero-order valence-corrected chi connectivity index (χ0v) is 12.4. The van der Waals surface area contributed by atoms with Crippen LogP contribution in [0.25, 0.3) is 0 Å². The number of alkyl halides is 2. The van der Waals surface area contributed by atoms with Gasteiger partial charge < -0.3 is 0 Å². The zero-order valence-electron chi connectivity index (χ0n) is 11.6. The first-order chi connectivity index (χ1) is 9.82. The van der Waals surface area contributed by atoms with Gasteiger partial charge in [0, 0.05) is 19.4 Å². The molecule has 0 fully saturated rings. The molecular formula is C13H15F2N3O2S. The summed E-state index contributed by atoms with van der Waals surface area (Å²) in [5.74, 6) is -0.0109. The minimum Gasteiger partial charge on any atom is -0.277 e. The lowest BCUT2D eigenvalue weighted by molar-refractivity contribution is 0.0658. The molecule has 0 saturated heterocycles. The topological polar surface area (TPSA) is 55.2 Å². The van der Waals surface area contributed by atoms with Crippen molar-refractivity contribution in [1.29, 1.82) is 0 Å². The SMILES string of the molecule is Cc1ccc(S(=O)(=O)N(C)Cc2nccn2C(F)F)cc1. The van der Waals surface area contributed by atoms with Gasteiger partial charge in [-0.2, -0.15) is 13.1 Å². The molecule has 0 spiro atoms. The van der Waals surface area contributed by atoms with Crippen molar-refractivity contribution in [2.24, 2.45) is 0 Å². The van der Waals surface area contributed by atoms with Crippen molar-refractivity contribution in [3.8, 4) is 0 Å². The quantitative estimate of drug-likeness (QED) is 0.851. The lowest BCUT2D eigenvalue weighted by Crippen LogP contribution is -2.28. The fraction of sp³-hybridized carbons (Fsp3) is 0.308. The Bertz CT molecular complexity index is 711. The number of imidazole rings is 1. The van der Waals surface area contributed by atoms with Crippen LogP contribution < -0.4 is 0 Å². The van der Waals surface area contributed by atoms with Gasteiger partial charge >= 0.3 is 6.55 Å². The van der Waals surface area contributed by atoms with Crippen molar-refractivity contribution >= 4 is 10.0 Å². The summed E-state index contributed by atoms with van der Waals surface area (Å²) < 4.78 is 51.8. The standard InChI is InChI=1S/C13H15F2N3O2S/c1-10-3-5-11(6-4-10)21(19,20)17(2)9-12-16-7-8-18(12)13(14)15/h3-8,13H,9H2,1-2H3. The number of halogens is 2. The smallest absolute Gasteiger partial charge is 0.277 e. The molecule has 2 rings (SSSR count). The summed E-state index contributed by atoms with van der Waals surface area (Å²) in [6.07, 6.45) is 2.33. The average Bonchev–Trinajstić information content (AvgIpc) is 2.87. The van der Waals surface area contributed by atoms with Gasteiger partial charge in [0.15, 0.2) is 0 Å². The van der Waals surface area contributed by atoms with Crippen LogP contribution in [0, 0.1) is 6.92 Å². The van der Waals surface area contributed by atoms with E-state index in [9.17, 15) is 17.2 Å². The molecular weight excluding hydrogens is 300 g/mol. The van der Waals surface area contributed by atoms with E-state index in [0.29, 0.717) is 4.57 Å². The Hall–Kier alpha value is -1.80. The third-order valence-corrected chi connectivity index (χ3v) is 4.87. The number of nitrogens with zero attached hydrogens (tertiary/aromatic N) is 3. The third kappa shape index (κ3) is 3.27. The molecule has 1 aromatic heterocycles. The van der Waals surface area contributed by atoms with Crippen LogP contribution in [0.3, 0.4) is 0 Å². The van der Waals surface area contributed by atoms with Gasteiger partial charge in [-0.05, 0) is 19.1 Å². The number of rotatable bonds is 5. The van der Waals surface area contributed by atoms with Crippen LogP contribution in [0.5, 0.6) is 0 Å². The van der Waals surface area contributed by atoms with Crippen LogP contribution in [0.4, 0.5) is 8.78 Å². The molecule has 1 aromatic carbocycles. The molecule has 0 unspecified atom stereocenters. The normalized spacial score (nSPS) is 12.3. The van der Waals surface area contributed by atoms with E-state index in [4.69, 9.17) is 0 Å². The van der Waals surface area contributed by atoms with Crippen LogP contribution in [-0.4, -0.2) is 29.3 Å². The maximum absolute atomic E-state index is 12.7. The number of sulfonamides is 1. The molecule has 5 nitrogen and oxygen atoms in total. The number of aromatic nitrogens is 2.